The van der Waals surface area contributed by atoms with E-state index in [1.54, 1.807) is 0 Å². The number of hydrogen-bond donors (Lipinski definition) is 1. The average molecular weight is 444 g/mol. The van der Waals surface area contributed by atoms with E-state index in [9.17, 15) is 4.79 Å². The normalized spacial score (nSPS) is 15.5. The van der Waals surface area contributed by atoms with Gasteiger partial charge in [0, 0.05) is 12.1 Å². The molecule has 1 aromatic rings. The van der Waals surface area contributed by atoms with Crippen LogP contribution in [0.1, 0.15) is 45.2 Å². The second kappa shape index (κ2) is 8.17. The lowest BCUT2D eigenvalue weighted by molar-refractivity contribution is -0.0577. The zero-order chi connectivity index (χ0) is 17.1. The van der Waals surface area contributed by atoms with E-state index in [0.717, 1.165) is 23.2 Å². The molecule has 1 aliphatic rings. The van der Waals surface area contributed by atoms with Crippen molar-refractivity contribution in [2.45, 2.75) is 51.6 Å². The van der Waals surface area contributed by atoms with Gasteiger partial charge in [-0.3, -0.25) is 5.32 Å². The summed E-state index contributed by atoms with van der Waals surface area (Å²) in [5.41, 5.74) is 2.13. The van der Waals surface area contributed by atoms with E-state index < -0.39 is 11.7 Å². The van der Waals surface area contributed by atoms with Crippen molar-refractivity contribution in [2.75, 3.05) is 18.5 Å². The Morgan fingerprint density at radius 3 is 2.54 bits per heavy atom. The van der Waals surface area contributed by atoms with Crippen LogP contribution in [0.5, 0.6) is 0 Å². The number of nitriles is 1. The van der Waals surface area contributed by atoms with Crippen LogP contribution < -0.4 is 5.32 Å². The summed E-state index contributed by atoms with van der Waals surface area (Å²) >= 11 is 0. The number of carbonyl (C=O) groups is 1. The van der Waals surface area contributed by atoms with Crippen LogP contribution in [0.15, 0.2) is 18.2 Å². The standard InChI is InChI=1S/C18H24N2O3.HI/c1-5-13-10-14(18(8-9-19)11-22-12-18)6-7-15(13)20-16(21)23-17(2,3)4;/h6-7,10H,5,8,11-12H2,1-4H3,(H,20,21);1H. The summed E-state index contributed by atoms with van der Waals surface area (Å²) in [5.74, 6) is 0. The molecule has 1 heterocycles. The van der Waals surface area contributed by atoms with Gasteiger partial charge >= 0.3 is 6.09 Å². The van der Waals surface area contributed by atoms with Gasteiger partial charge in [0.25, 0.3) is 0 Å². The number of aryl methyl sites for hydroxylation is 1. The number of rotatable bonds is 4. The first kappa shape index (κ1) is 20.7. The molecule has 1 fully saturated rings. The van der Waals surface area contributed by atoms with Gasteiger partial charge in [-0.1, -0.05) is 19.1 Å². The van der Waals surface area contributed by atoms with Gasteiger partial charge in [-0.05, 0) is 44.4 Å². The summed E-state index contributed by atoms with van der Waals surface area (Å²) in [6, 6.07) is 8.16. The molecule has 2 rings (SSSR count). The SMILES string of the molecule is CCc1cc(C2(CC#N)COC2)ccc1NC(=O)OC(C)(C)C.I. The minimum Gasteiger partial charge on any atom is -0.444 e. The molecule has 132 valence electrons. The second-order valence-electron chi connectivity index (χ2n) is 6.96. The second-order valence-corrected chi connectivity index (χ2v) is 6.96. The van der Waals surface area contributed by atoms with Gasteiger partial charge in [0.15, 0.2) is 0 Å². The van der Waals surface area contributed by atoms with E-state index in [-0.39, 0.29) is 29.4 Å². The summed E-state index contributed by atoms with van der Waals surface area (Å²) in [6.07, 6.45) is 0.760. The molecule has 0 radical (unpaired) electrons. The molecule has 0 atom stereocenters. The maximum atomic E-state index is 12.0. The molecule has 6 heteroatoms. The van der Waals surface area contributed by atoms with Gasteiger partial charge in [-0.25, -0.2) is 4.79 Å². The zero-order valence-corrected chi connectivity index (χ0v) is 17.0. The lowest BCUT2D eigenvalue weighted by Gasteiger charge is -2.40. The van der Waals surface area contributed by atoms with Gasteiger partial charge in [0.2, 0.25) is 0 Å². The topological polar surface area (TPSA) is 71.3 Å². The van der Waals surface area contributed by atoms with Crippen molar-refractivity contribution < 1.29 is 14.3 Å². The first-order valence-corrected chi connectivity index (χ1v) is 7.88. The molecule has 0 aromatic heterocycles. The van der Waals surface area contributed by atoms with Crippen LogP contribution in [0, 0.1) is 11.3 Å². The third-order valence-electron chi connectivity index (χ3n) is 3.91. The van der Waals surface area contributed by atoms with Crippen molar-refractivity contribution in [3.05, 3.63) is 29.3 Å². The molecule has 0 bridgehead atoms. The molecule has 0 unspecified atom stereocenters. The number of nitrogens with one attached hydrogen (secondary N) is 1. The number of anilines is 1. The van der Waals surface area contributed by atoms with Crippen molar-refractivity contribution in [1.29, 1.82) is 5.26 Å². The monoisotopic (exact) mass is 444 g/mol. The van der Waals surface area contributed by atoms with Crippen LogP contribution in [0.25, 0.3) is 0 Å². The van der Waals surface area contributed by atoms with Gasteiger partial charge in [0.05, 0.1) is 24.7 Å². The predicted octanol–water partition coefficient (Wildman–Crippen LogP) is 4.40. The molecular formula is C18H25IN2O3. The lowest BCUT2D eigenvalue weighted by Crippen LogP contribution is -2.46. The fourth-order valence-electron chi connectivity index (χ4n) is 2.62. The van der Waals surface area contributed by atoms with Gasteiger partial charge in [-0.2, -0.15) is 5.26 Å². The zero-order valence-electron chi connectivity index (χ0n) is 14.6. The third-order valence-corrected chi connectivity index (χ3v) is 3.91. The highest BCUT2D eigenvalue weighted by Gasteiger charge is 2.40. The van der Waals surface area contributed by atoms with Crippen LogP contribution in [0.4, 0.5) is 10.5 Å². The number of amides is 1. The van der Waals surface area contributed by atoms with E-state index in [1.165, 1.54) is 0 Å². The van der Waals surface area contributed by atoms with E-state index >= 15 is 0 Å². The summed E-state index contributed by atoms with van der Waals surface area (Å²) in [5, 5.41) is 11.9. The minimum absolute atomic E-state index is 0. The summed E-state index contributed by atoms with van der Waals surface area (Å²) < 4.78 is 10.6. The first-order valence-electron chi connectivity index (χ1n) is 7.88. The van der Waals surface area contributed by atoms with Crippen molar-refractivity contribution in [2.24, 2.45) is 0 Å². The summed E-state index contributed by atoms with van der Waals surface area (Å²) in [6.45, 7) is 8.68. The molecule has 1 amide bonds. The first-order chi connectivity index (χ1) is 10.8. The molecule has 1 aliphatic heterocycles. The van der Waals surface area contributed by atoms with Crippen molar-refractivity contribution in [3.8, 4) is 6.07 Å². The lowest BCUT2D eigenvalue weighted by atomic mass is 9.75. The molecule has 0 spiro atoms. The molecule has 0 aliphatic carbocycles. The van der Waals surface area contributed by atoms with Crippen molar-refractivity contribution in [1.82, 2.24) is 0 Å². The fourth-order valence-corrected chi connectivity index (χ4v) is 2.62. The number of carbonyl (C=O) groups excluding carboxylic acids is 1. The maximum absolute atomic E-state index is 12.0. The van der Waals surface area contributed by atoms with E-state index in [4.69, 9.17) is 14.7 Å². The Morgan fingerprint density at radius 1 is 1.42 bits per heavy atom. The highest BCUT2D eigenvalue weighted by molar-refractivity contribution is 14.0. The highest BCUT2D eigenvalue weighted by Crippen LogP contribution is 2.37. The fraction of sp³-hybridized carbons (Fsp3) is 0.556. The van der Waals surface area contributed by atoms with Crippen molar-refractivity contribution >= 4 is 35.8 Å². The summed E-state index contributed by atoms with van der Waals surface area (Å²) in [7, 11) is 0. The Morgan fingerprint density at radius 2 is 2.08 bits per heavy atom. The van der Waals surface area contributed by atoms with Crippen LogP contribution in [0.3, 0.4) is 0 Å². The Balaban J connectivity index is 0.00000288. The third kappa shape index (κ3) is 4.84. The molecule has 1 saturated heterocycles. The molecule has 0 saturated carbocycles. The predicted molar refractivity (Wildman–Crippen MR) is 104 cm³/mol. The number of halogens is 1. The smallest absolute Gasteiger partial charge is 0.412 e. The molecule has 1 aromatic carbocycles. The molecular weight excluding hydrogens is 419 g/mol. The largest absolute Gasteiger partial charge is 0.444 e. The van der Waals surface area contributed by atoms with E-state index in [1.807, 2.05) is 39.8 Å². The molecule has 5 nitrogen and oxygen atoms in total. The number of ether oxygens (including phenoxy) is 2. The van der Waals surface area contributed by atoms with E-state index in [2.05, 4.69) is 17.5 Å². The Kier molecular flexibility index (Phi) is 7.05. The minimum atomic E-state index is -0.531. The Hall–Kier alpha value is -1.33. The maximum Gasteiger partial charge on any atom is 0.412 e. The number of hydrogen-bond acceptors (Lipinski definition) is 4. The van der Waals surface area contributed by atoms with Crippen molar-refractivity contribution in [3.63, 3.8) is 0 Å². The number of benzene rings is 1. The molecule has 1 N–H and O–H groups in total. The van der Waals surface area contributed by atoms with Gasteiger partial charge in [-0.15, -0.1) is 24.0 Å². The number of nitrogens with zero attached hydrogens (tertiary/aromatic N) is 1. The average Bonchev–Trinajstić information content (AvgIpc) is 2.41. The van der Waals surface area contributed by atoms with E-state index in [0.29, 0.717) is 19.6 Å². The van der Waals surface area contributed by atoms with Gasteiger partial charge in [0.1, 0.15) is 5.60 Å². The van der Waals surface area contributed by atoms with Crippen LogP contribution in [-0.4, -0.2) is 24.9 Å². The van der Waals surface area contributed by atoms with Crippen LogP contribution in [0.2, 0.25) is 0 Å². The van der Waals surface area contributed by atoms with Crippen LogP contribution >= 0.6 is 24.0 Å². The molecule has 24 heavy (non-hydrogen) atoms. The summed E-state index contributed by atoms with van der Waals surface area (Å²) in [4.78, 5) is 12.0. The van der Waals surface area contributed by atoms with Crippen LogP contribution in [-0.2, 0) is 21.3 Å². The Bertz CT molecular complexity index is 628. The highest BCUT2D eigenvalue weighted by atomic mass is 127. The Labute approximate surface area is 160 Å². The quantitative estimate of drug-likeness (QED) is 0.700. The van der Waals surface area contributed by atoms with Gasteiger partial charge < -0.3 is 9.47 Å².